The summed E-state index contributed by atoms with van der Waals surface area (Å²) in [7, 11) is 0. The molecule has 9 nitrogen and oxygen atoms in total. The second kappa shape index (κ2) is 8.81. The molecule has 2 unspecified atom stereocenters. The molecule has 3 rings (SSSR count). The molecule has 0 saturated heterocycles. The fraction of sp³-hybridized carbons (Fsp3) is 0.333. The molecule has 9 heteroatoms. The number of fused-ring (bicyclic) bond motifs is 1. The third kappa shape index (κ3) is 4.51. The number of esters is 1. The minimum Gasteiger partial charge on any atom is -0.507 e. The number of nitrogens with two attached hydrogens (primary N) is 1. The van der Waals surface area contributed by atoms with Crippen LogP contribution in [0.5, 0.6) is 11.5 Å². The van der Waals surface area contributed by atoms with Gasteiger partial charge in [-0.05, 0) is 24.6 Å². The van der Waals surface area contributed by atoms with Gasteiger partial charge in [0.2, 0.25) is 0 Å². The normalized spacial score (nSPS) is 19.8. The number of nitrogens with one attached hydrogen (secondary N) is 1. The quantitative estimate of drug-likeness (QED) is 0.248. The summed E-state index contributed by atoms with van der Waals surface area (Å²) < 4.78 is 9.99. The van der Waals surface area contributed by atoms with Crippen LogP contribution in [0.3, 0.4) is 0 Å². The highest BCUT2D eigenvalue weighted by Crippen LogP contribution is 2.31. The Kier molecular flexibility index (Phi) is 6.20. The largest absolute Gasteiger partial charge is 0.507 e. The topological polar surface area (TPSA) is 143 Å². The van der Waals surface area contributed by atoms with E-state index in [1.165, 1.54) is 18.2 Å². The Morgan fingerprint density at radius 3 is 2.80 bits per heavy atom. The van der Waals surface area contributed by atoms with Gasteiger partial charge in [-0.2, -0.15) is 0 Å². The summed E-state index contributed by atoms with van der Waals surface area (Å²) in [5, 5.41) is 17.7. The molecule has 1 aromatic rings. The zero-order chi connectivity index (χ0) is 21.8. The second-order valence-corrected chi connectivity index (χ2v) is 7.00. The number of nitrogens with zero attached hydrogens (tertiary/aromatic N) is 1. The summed E-state index contributed by atoms with van der Waals surface area (Å²) in [5.41, 5.74) is 6.36. The first kappa shape index (κ1) is 21.1. The molecule has 2 atom stereocenters. The Morgan fingerprint density at radius 1 is 1.37 bits per heavy atom. The van der Waals surface area contributed by atoms with E-state index in [9.17, 15) is 19.5 Å². The van der Waals surface area contributed by atoms with E-state index in [0.29, 0.717) is 6.54 Å². The number of amidine groups is 1. The van der Waals surface area contributed by atoms with Crippen LogP contribution in [-0.4, -0.2) is 59.7 Å². The maximum atomic E-state index is 12.6. The molecule has 1 aliphatic carbocycles. The third-order valence-electron chi connectivity index (χ3n) is 4.90. The molecule has 0 saturated carbocycles. The summed E-state index contributed by atoms with van der Waals surface area (Å²) >= 11 is 0. The molecule has 1 heterocycles. The van der Waals surface area contributed by atoms with Crippen LogP contribution in [0.2, 0.25) is 0 Å². The number of ketones is 2. The van der Waals surface area contributed by atoms with Crippen LogP contribution in [0.1, 0.15) is 17.3 Å². The predicted molar refractivity (Wildman–Crippen MR) is 107 cm³/mol. The molecule has 1 aliphatic heterocycles. The zero-order valence-corrected chi connectivity index (χ0v) is 16.5. The number of benzene rings is 1. The van der Waals surface area contributed by atoms with E-state index >= 15 is 0 Å². The first-order valence-corrected chi connectivity index (χ1v) is 9.46. The molecule has 0 spiro atoms. The van der Waals surface area contributed by atoms with Crippen LogP contribution in [0, 0.1) is 17.2 Å². The summed E-state index contributed by atoms with van der Waals surface area (Å²) in [6.45, 7) is 1.92. The Balaban J connectivity index is 1.61. The van der Waals surface area contributed by atoms with E-state index < -0.39 is 17.8 Å². The standard InChI is InChI=1S/C21H23N3O6/c1-2-29-19(27)11-30-13-4-6-14(17(25)7-13)18(26)10-24-8-12-3-5-15(21(22)23)20(28)16(12)9-24/h3-8,15-16,25H,2,9-11H2,1H3,(H3,22,23). The van der Waals surface area contributed by atoms with Gasteiger partial charge >= 0.3 is 5.97 Å². The van der Waals surface area contributed by atoms with Gasteiger partial charge in [0.05, 0.1) is 30.6 Å². The van der Waals surface area contributed by atoms with Crippen molar-refractivity contribution >= 4 is 23.4 Å². The molecule has 0 fully saturated rings. The van der Waals surface area contributed by atoms with Crippen molar-refractivity contribution in [2.45, 2.75) is 6.92 Å². The number of carbonyl (C=O) groups is 3. The molecule has 0 bridgehead atoms. The van der Waals surface area contributed by atoms with Gasteiger partial charge in [0.1, 0.15) is 17.3 Å². The van der Waals surface area contributed by atoms with Crippen LogP contribution < -0.4 is 10.5 Å². The predicted octanol–water partition coefficient (Wildman–Crippen LogP) is 1.02. The highest BCUT2D eigenvalue weighted by Gasteiger charge is 2.37. The van der Waals surface area contributed by atoms with Crippen molar-refractivity contribution in [1.29, 1.82) is 5.41 Å². The molecule has 0 amide bonds. The van der Waals surface area contributed by atoms with E-state index in [1.807, 2.05) is 0 Å². The number of phenolic OH excluding ortho intramolecular Hbond substituents is 1. The third-order valence-corrected chi connectivity index (χ3v) is 4.90. The lowest BCUT2D eigenvalue weighted by molar-refractivity contribution is -0.145. The van der Waals surface area contributed by atoms with E-state index in [-0.39, 0.29) is 54.2 Å². The number of hydrogen-bond donors (Lipinski definition) is 3. The molecule has 1 aromatic carbocycles. The summed E-state index contributed by atoms with van der Waals surface area (Å²) in [6, 6.07) is 4.17. The monoisotopic (exact) mass is 413 g/mol. The molecule has 0 aromatic heterocycles. The molecule has 0 radical (unpaired) electrons. The molecular formula is C21H23N3O6. The minimum atomic E-state index is -0.728. The molecule has 4 N–H and O–H groups in total. The van der Waals surface area contributed by atoms with Gasteiger partial charge in [-0.25, -0.2) is 4.79 Å². The highest BCUT2D eigenvalue weighted by molar-refractivity contribution is 6.07. The molecule has 30 heavy (non-hydrogen) atoms. The smallest absolute Gasteiger partial charge is 0.344 e. The van der Waals surface area contributed by atoms with Crippen molar-refractivity contribution in [3.05, 3.63) is 47.7 Å². The van der Waals surface area contributed by atoms with E-state index in [4.69, 9.17) is 20.6 Å². The zero-order valence-electron chi connectivity index (χ0n) is 16.5. The first-order valence-electron chi connectivity index (χ1n) is 9.46. The van der Waals surface area contributed by atoms with Crippen molar-refractivity contribution in [2.24, 2.45) is 17.6 Å². The Hall–Kier alpha value is -3.62. The number of aromatic hydroxyl groups is 1. The molecule has 2 aliphatic rings. The van der Waals surface area contributed by atoms with Gasteiger partial charge in [0, 0.05) is 18.8 Å². The van der Waals surface area contributed by atoms with Gasteiger partial charge in [-0.1, -0.05) is 12.2 Å². The Morgan fingerprint density at radius 2 is 2.13 bits per heavy atom. The van der Waals surface area contributed by atoms with Gasteiger partial charge in [0.15, 0.2) is 18.2 Å². The maximum Gasteiger partial charge on any atom is 0.344 e. The number of phenols is 1. The summed E-state index contributed by atoms with van der Waals surface area (Å²) in [5.74, 6) is -2.40. The second-order valence-electron chi connectivity index (χ2n) is 7.00. The van der Waals surface area contributed by atoms with Crippen LogP contribution in [0.4, 0.5) is 0 Å². The van der Waals surface area contributed by atoms with Gasteiger partial charge < -0.3 is 25.2 Å². The Labute approximate surface area is 173 Å². The van der Waals surface area contributed by atoms with Crippen molar-refractivity contribution < 1.29 is 29.0 Å². The van der Waals surface area contributed by atoms with Crippen LogP contribution in [-0.2, 0) is 14.3 Å². The lowest BCUT2D eigenvalue weighted by atomic mass is 9.83. The lowest BCUT2D eigenvalue weighted by Gasteiger charge is -2.22. The van der Waals surface area contributed by atoms with E-state index in [1.54, 1.807) is 30.2 Å². The fourth-order valence-corrected chi connectivity index (χ4v) is 3.44. The highest BCUT2D eigenvalue weighted by atomic mass is 16.6. The van der Waals surface area contributed by atoms with Crippen LogP contribution >= 0.6 is 0 Å². The van der Waals surface area contributed by atoms with Crippen LogP contribution in [0.25, 0.3) is 0 Å². The maximum absolute atomic E-state index is 12.6. The van der Waals surface area contributed by atoms with Gasteiger partial charge in [0.25, 0.3) is 0 Å². The lowest BCUT2D eigenvalue weighted by Crippen LogP contribution is -2.37. The van der Waals surface area contributed by atoms with E-state index in [0.717, 1.165) is 5.57 Å². The fourth-order valence-electron chi connectivity index (χ4n) is 3.44. The number of allylic oxidation sites excluding steroid dienone is 1. The van der Waals surface area contributed by atoms with Crippen LogP contribution in [0.15, 0.2) is 42.1 Å². The van der Waals surface area contributed by atoms with Gasteiger partial charge in [-0.15, -0.1) is 0 Å². The number of carbonyl (C=O) groups excluding carboxylic acids is 3. The number of hydrogen-bond acceptors (Lipinski definition) is 8. The summed E-state index contributed by atoms with van der Waals surface area (Å²) in [4.78, 5) is 38.2. The van der Waals surface area contributed by atoms with E-state index in [2.05, 4.69) is 0 Å². The molecule has 158 valence electrons. The Bertz CT molecular complexity index is 952. The summed E-state index contributed by atoms with van der Waals surface area (Å²) in [6.07, 6.45) is 5.09. The number of rotatable bonds is 8. The molecular weight excluding hydrogens is 390 g/mol. The average molecular weight is 413 g/mol. The number of Topliss-reactive ketones (excluding diaryl/α,β-unsaturated/α-hetero) is 2. The van der Waals surface area contributed by atoms with Crippen molar-refractivity contribution in [3.63, 3.8) is 0 Å². The van der Waals surface area contributed by atoms with Crippen molar-refractivity contribution in [1.82, 2.24) is 4.90 Å². The number of ether oxygens (including phenoxy) is 2. The van der Waals surface area contributed by atoms with Crippen molar-refractivity contribution in [3.8, 4) is 11.5 Å². The minimum absolute atomic E-state index is 0.0253. The first-order chi connectivity index (χ1) is 14.3. The van der Waals surface area contributed by atoms with Gasteiger partial charge in [-0.3, -0.25) is 15.0 Å². The van der Waals surface area contributed by atoms with Crippen molar-refractivity contribution in [2.75, 3.05) is 26.3 Å². The SMILES string of the molecule is CCOC(=O)COc1ccc(C(=O)CN2C=C3C=CC(C(=N)N)C(=O)C3C2)c(O)c1. The average Bonchev–Trinajstić information content (AvgIpc) is 3.10.